The van der Waals surface area contributed by atoms with Crippen molar-refractivity contribution in [1.29, 1.82) is 0 Å². The quantitative estimate of drug-likeness (QED) is 0.444. The molecule has 2 aliphatic heterocycles. The summed E-state index contributed by atoms with van der Waals surface area (Å²) in [7, 11) is -0.864. The van der Waals surface area contributed by atoms with Crippen LogP contribution in [0.25, 0.3) is 10.8 Å². The van der Waals surface area contributed by atoms with Gasteiger partial charge in [0.1, 0.15) is 23.1 Å². The number of anilines is 3. The summed E-state index contributed by atoms with van der Waals surface area (Å²) in [5.74, 6) is 3.61. The lowest BCUT2D eigenvalue weighted by atomic mass is 9.82. The van der Waals surface area contributed by atoms with Crippen LogP contribution in [0.1, 0.15) is 50.9 Å². The van der Waals surface area contributed by atoms with E-state index in [0.717, 1.165) is 54.0 Å². The Labute approximate surface area is 215 Å². The Morgan fingerprint density at radius 3 is 2.69 bits per heavy atom. The summed E-state index contributed by atoms with van der Waals surface area (Å²) in [6.45, 7) is 8.72. The van der Waals surface area contributed by atoms with Crippen molar-refractivity contribution >= 4 is 39.0 Å². The van der Waals surface area contributed by atoms with Crippen LogP contribution in [0.15, 0.2) is 36.5 Å². The predicted molar refractivity (Wildman–Crippen MR) is 146 cm³/mol. The molecule has 1 aromatic carbocycles. The first-order valence-electron chi connectivity index (χ1n) is 12.8. The molecular weight excluding hydrogens is 472 g/mol. The van der Waals surface area contributed by atoms with Gasteiger partial charge in [-0.2, -0.15) is 0 Å². The molecule has 5 rings (SSSR count). The standard InChI is InChI=1S/C27H36N6O2S/c1-17(2)23-20-7-5-6-8-21(20)25(33-14-10-19(33)16-36(4)35)32-24(23)30-22-9-12-29-26(31-22)27(34)11-13-28-15-18(27)3/h5-9,12,17-19,28,34H,10-11,13-16H2,1-4H3,(H,29,30,31,32)/t18?,19-,27?,36?/m0/s1. The van der Waals surface area contributed by atoms with E-state index in [1.165, 1.54) is 0 Å². The Bertz CT molecular complexity index is 1280. The van der Waals surface area contributed by atoms with Gasteiger partial charge in [0.05, 0.1) is 0 Å². The van der Waals surface area contributed by atoms with Crippen LogP contribution in [-0.4, -0.2) is 62.0 Å². The summed E-state index contributed by atoms with van der Waals surface area (Å²) in [5.41, 5.74) is 0.0616. The highest BCUT2D eigenvalue weighted by atomic mass is 32.2. The minimum absolute atomic E-state index is 0.00517. The molecular formula is C27H36N6O2S. The molecule has 0 spiro atoms. The van der Waals surface area contributed by atoms with Gasteiger partial charge in [0.25, 0.3) is 0 Å². The maximum absolute atomic E-state index is 12.0. The van der Waals surface area contributed by atoms with E-state index in [1.54, 1.807) is 12.5 Å². The average Bonchev–Trinajstić information content (AvgIpc) is 2.84. The molecule has 2 aliphatic rings. The SMILES string of the molecule is CC(C)c1c(Nc2ccnc(C3(O)CCNCC3C)n2)nc(N2CC[C@H]2CS(C)=O)c2ccccc12. The van der Waals surface area contributed by atoms with Crippen LogP contribution < -0.4 is 15.5 Å². The largest absolute Gasteiger partial charge is 0.381 e. The highest BCUT2D eigenvalue weighted by Gasteiger charge is 2.40. The first-order valence-corrected chi connectivity index (χ1v) is 14.5. The molecule has 3 unspecified atom stereocenters. The Hall–Kier alpha value is -2.62. The topological polar surface area (TPSA) is 103 Å². The van der Waals surface area contributed by atoms with Crippen molar-refractivity contribution in [2.24, 2.45) is 5.92 Å². The molecule has 3 aromatic rings. The van der Waals surface area contributed by atoms with Gasteiger partial charge in [0.15, 0.2) is 5.82 Å². The van der Waals surface area contributed by atoms with Crippen LogP contribution >= 0.6 is 0 Å². The van der Waals surface area contributed by atoms with E-state index in [2.05, 4.69) is 58.6 Å². The van der Waals surface area contributed by atoms with Crippen LogP contribution in [0, 0.1) is 5.92 Å². The molecule has 0 saturated carbocycles. The maximum Gasteiger partial charge on any atom is 0.162 e. The second-order valence-electron chi connectivity index (χ2n) is 10.4. The van der Waals surface area contributed by atoms with Crippen molar-refractivity contribution in [3.8, 4) is 0 Å². The number of rotatable bonds is 7. The number of aliphatic hydroxyl groups is 1. The number of hydrogen-bond donors (Lipinski definition) is 3. The maximum atomic E-state index is 12.0. The molecule has 0 radical (unpaired) electrons. The average molecular weight is 509 g/mol. The van der Waals surface area contributed by atoms with Gasteiger partial charge in [0, 0.05) is 65.0 Å². The highest BCUT2D eigenvalue weighted by molar-refractivity contribution is 7.84. The summed E-state index contributed by atoms with van der Waals surface area (Å²) in [6, 6.07) is 10.4. The molecule has 192 valence electrons. The van der Waals surface area contributed by atoms with Crippen LogP contribution in [-0.2, 0) is 16.4 Å². The van der Waals surface area contributed by atoms with Crippen LogP contribution in [0.5, 0.6) is 0 Å². The van der Waals surface area contributed by atoms with E-state index in [-0.39, 0.29) is 17.9 Å². The summed E-state index contributed by atoms with van der Waals surface area (Å²) in [6.07, 6.45) is 5.06. The molecule has 0 aliphatic carbocycles. The zero-order chi connectivity index (χ0) is 25.4. The number of nitrogens with one attached hydrogen (secondary N) is 2. The van der Waals surface area contributed by atoms with Gasteiger partial charge in [0.2, 0.25) is 0 Å². The van der Waals surface area contributed by atoms with Crippen molar-refractivity contribution in [1.82, 2.24) is 20.3 Å². The lowest BCUT2D eigenvalue weighted by Crippen LogP contribution is -2.51. The number of piperidine rings is 1. The fourth-order valence-electron chi connectivity index (χ4n) is 5.43. The summed E-state index contributed by atoms with van der Waals surface area (Å²) in [4.78, 5) is 16.7. The third kappa shape index (κ3) is 4.60. The smallest absolute Gasteiger partial charge is 0.162 e. The Kier molecular flexibility index (Phi) is 6.98. The Balaban J connectivity index is 1.57. The molecule has 2 fully saturated rings. The molecule has 3 N–H and O–H groups in total. The van der Waals surface area contributed by atoms with Gasteiger partial charge < -0.3 is 20.6 Å². The van der Waals surface area contributed by atoms with Gasteiger partial charge in [-0.1, -0.05) is 45.0 Å². The van der Waals surface area contributed by atoms with Gasteiger partial charge in [-0.25, -0.2) is 15.0 Å². The monoisotopic (exact) mass is 508 g/mol. The van der Waals surface area contributed by atoms with E-state index in [0.29, 0.717) is 23.8 Å². The summed E-state index contributed by atoms with van der Waals surface area (Å²) < 4.78 is 12.0. The molecule has 2 saturated heterocycles. The van der Waals surface area contributed by atoms with E-state index in [1.807, 2.05) is 13.0 Å². The fourth-order valence-corrected chi connectivity index (χ4v) is 6.32. The van der Waals surface area contributed by atoms with E-state index < -0.39 is 16.4 Å². The molecule has 2 aromatic heterocycles. The minimum Gasteiger partial charge on any atom is -0.381 e. The van der Waals surface area contributed by atoms with Crippen LogP contribution in [0.2, 0.25) is 0 Å². The lowest BCUT2D eigenvalue weighted by molar-refractivity contribution is -0.0467. The zero-order valence-electron chi connectivity index (χ0n) is 21.5. The zero-order valence-corrected chi connectivity index (χ0v) is 22.3. The second kappa shape index (κ2) is 10.0. The normalized spacial score (nSPS) is 25.1. The molecule has 4 atom stereocenters. The number of nitrogens with zero attached hydrogens (tertiary/aromatic N) is 4. The predicted octanol–water partition coefficient (Wildman–Crippen LogP) is 3.67. The van der Waals surface area contributed by atoms with E-state index in [4.69, 9.17) is 9.97 Å². The molecule has 0 bridgehead atoms. The van der Waals surface area contributed by atoms with Crippen LogP contribution in [0.3, 0.4) is 0 Å². The molecule has 9 heteroatoms. The summed E-state index contributed by atoms with van der Waals surface area (Å²) >= 11 is 0. The molecule has 4 heterocycles. The van der Waals surface area contributed by atoms with Crippen LogP contribution in [0.4, 0.5) is 17.5 Å². The van der Waals surface area contributed by atoms with Gasteiger partial charge in [-0.3, -0.25) is 4.21 Å². The van der Waals surface area contributed by atoms with E-state index in [9.17, 15) is 9.32 Å². The first-order chi connectivity index (χ1) is 17.3. The number of aromatic nitrogens is 3. The number of fused-ring (bicyclic) bond motifs is 1. The minimum atomic E-state index is -1.06. The van der Waals surface area contributed by atoms with E-state index >= 15 is 0 Å². The highest BCUT2D eigenvalue weighted by Crippen LogP contribution is 2.40. The van der Waals surface area contributed by atoms with Gasteiger partial charge in [-0.15, -0.1) is 0 Å². The van der Waals surface area contributed by atoms with Crippen molar-refractivity contribution in [2.45, 2.75) is 51.2 Å². The number of pyridine rings is 1. The van der Waals surface area contributed by atoms with Gasteiger partial charge in [-0.05, 0) is 36.8 Å². The van der Waals surface area contributed by atoms with Crippen molar-refractivity contribution < 1.29 is 9.32 Å². The molecule has 0 amide bonds. The van der Waals surface area contributed by atoms with Gasteiger partial charge >= 0.3 is 0 Å². The second-order valence-corrected chi connectivity index (χ2v) is 11.9. The lowest BCUT2D eigenvalue weighted by Gasteiger charge is -2.42. The molecule has 8 nitrogen and oxygen atoms in total. The summed E-state index contributed by atoms with van der Waals surface area (Å²) in [5, 5.41) is 20.5. The Morgan fingerprint density at radius 2 is 2.03 bits per heavy atom. The first kappa shape index (κ1) is 25.0. The third-order valence-electron chi connectivity index (χ3n) is 7.59. The van der Waals surface area contributed by atoms with Crippen molar-refractivity contribution in [3.05, 3.63) is 47.9 Å². The third-order valence-corrected chi connectivity index (χ3v) is 8.44. The number of hydrogen-bond acceptors (Lipinski definition) is 8. The molecule has 36 heavy (non-hydrogen) atoms. The van der Waals surface area contributed by atoms with Crippen molar-refractivity contribution in [3.63, 3.8) is 0 Å². The fraction of sp³-hybridized carbons (Fsp3) is 0.519. The number of benzene rings is 1. The van der Waals surface area contributed by atoms with Crippen molar-refractivity contribution in [2.75, 3.05) is 41.9 Å². The Morgan fingerprint density at radius 1 is 1.25 bits per heavy atom.